The van der Waals surface area contributed by atoms with Gasteiger partial charge in [0.05, 0.1) is 0 Å². The minimum atomic E-state index is 0.295. The van der Waals surface area contributed by atoms with E-state index in [0.717, 1.165) is 6.42 Å². The Morgan fingerprint density at radius 1 is 1.53 bits per heavy atom. The number of anilines is 1. The molecule has 2 heterocycles. The molecule has 0 unspecified atom stereocenters. The number of rotatable bonds is 5. The Bertz CT molecular complexity index is 370. The van der Waals surface area contributed by atoms with Crippen LogP contribution >= 0.6 is 0 Å². The summed E-state index contributed by atoms with van der Waals surface area (Å²) in [5, 5.41) is 18.3. The van der Waals surface area contributed by atoms with Gasteiger partial charge in [0.15, 0.2) is 12.2 Å². The number of hydrazine groups is 1. The van der Waals surface area contributed by atoms with Crippen LogP contribution in [0, 0.1) is 0 Å². The van der Waals surface area contributed by atoms with E-state index in [1.807, 2.05) is 0 Å². The average Bonchev–Trinajstić information content (AvgIpc) is 2.90. The molecule has 0 radical (unpaired) electrons. The first kappa shape index (κ1) is 9.52. The molecule has 0 bridgehead atoms. The molecule has 0 saturated heterocycles. The van der Waals surface area contributed by atoms with Gasteiger partial charge in [0.2, 0.25) is 0 Å². The van der Waals surface area contributed by atoms with Crippen molar-refractivity contribution in [3.63, 3.8) is 0 Å². The van der Waals surface area contributed by atoms with E-state index < -0.39 is 0 Å². The van der Waals surface area contributed by atoms with Crippen LogP contribution in [0.4, 0.5) is 6.01 Å². The Morgan fingerprint density at radius 2 is 2.47 bits per heavy atom. The highest BCUT2D eigenvalue weighted by atomic mass is 16.5. The van der Waals surface area contributed by atoms with E-state index in [9.17, 15) is 0 Å². The molecule has 9 heteroatoms. The first-order chi connectivity index (χ1) is 7.36. The lowest BCUT2D eigenvalue weighted by molar-refractivity contribution is 0.412. The number of nitrogens with zero attached hydrogens (tertiary/aromatic N) is 6. The van der Waals surface area contributed by atoms with Gasteiger partial charge in [-0.1, -0.05) is 10.4 Å². The maximum atomic E-state index is 5.65. The molecule has 0 aliphatic carbocycles. The topological polar surface area (TPSA) is 123 Å². The zero-order chi connectivity index (χ0) is 10.5. The fourth-order valence-electron chi connectivity index (χ4n) is 1.09. The fraction of sp³-hybridized carbons (Fsp3) is 0.500. The summed E-state index contributed by atoms with van der Waals surface area (Å²) in [6, 6.07) is 0.295. The number of nitrogens with two attached hydrogens (primary N) is 1. The van der Waals surface area contributed by atoms with Gasteiger partial charge in [0.25, 0.3) is 0 Å². The molecule has 0 atom stereocenters. The normalized spacial score (nSPS) is 10.5. The third kappa shape index (κ3) is 2.47. The van der Waals surface area contributed by atoms with E-state index in [2.05, 4.69) is 30.8 Å². The molecule has 2 rings (SSSR count). The van der Waals surface area contributed by atoms with Crippen molar-refractivity contribution < 1.29 is 4.52 Å². The molecule has 0 aromatic carbocycles. The van der Waals surface area contributed by atoms with E-state index >= 15 is 0 Å². The number of aryl methyl sites for hydroxylation is 1. The third-order valence-corrected chi connectivity index (χ3v) is 1.78. The van der Waals surface area contributed by atoms with Gasteiger partial charge in [-0.05, 0) is 6.42 Å². The highest BCUT2D eigenvalue weighted by Crippen LogP contribution is 2.04. The molecule has 80 valence electrons. The van der Waals surface area contributed by atoms with Crippen LogP contribution in [-0.2, 0) is 6.42 Å². The van der Waals surface area contributed by atoms with Crippen LogP contribution in [0.5, 0.6) is 0 Å². The van der Waals surface area contributed by atoms with Gasteiger partial charge in [-0.3, -0.25) is 5.01 Å². The molecule has 0 aliphatic heterocycles. The van der Waals surface area contributed by atoms with Gasteiger partial charge < -0.3 is 4.52 Å². The van der Waals surface area contributed by atoms with E-state index in [-0.39, 0.29) is 0 Å². The van der Waals surface area contributed by atoms with Crippen molar-refractivity contribution in [2.45, 2.75) is 12.8 Å². The van der Waals surface area contributed by atoms with Crippen LogP contribution in [0.2, 0.25) is 0 Å². The summed E-state index contributed by atoms with van der Waals surface area (Å²) in [6.07, 6.45) is 2.77. The molecule has 0 amide bonds. The first-order valence-electron chi connectivity index (χ1n) is 4.37. The number of hydrogen-bond acceptors (Lipinski definition) is 8. The summed E-state index contributed by atoms with van der Waals surface area (Å²) in [6.45, 7) is 0.580. The monoisotopic (exact) mass is 210 g/mol. The van der Waals surface area contributed by atoms with Crippen LogP contribution in [0.15, 0.2) is 10.9 Å². The van der Waals surface area contributed by atoms with Gasteiger partial charge in [-0.25, -0.2) is 5.84 Å². The number of aromatic nitrogens is 6. The second-order valence-corrected chi connectivity index (χ2v) is 2.85. The van der Waals surface area contributed by atoms with E-state index in [1.54, 1.807) is 0 Å². The predicted molar refractivity (Wildman–Crippen MR) is 48.3 cm³/mol. The molecule has 9 nitrogen and oxygen atoms in total. The Labute approximate surface area is 84.6 Å². The van der Waals surface area contributed by atoms with Gasteiger partial charge in [0.1, 0.15) is 0 Å². The number of H-pyrrole nitrogens is 1. The second kappa shape index (κ2) is 4.46. The van der Waals surface area contributed by atoms with Crippen molar-refractivity contribution in [3.05, 3.63) is 12.2 Å². The third-order valence-electron chi connectivity index (χ3n) is 1.78. The largest absolute Gasteiger partial charge is 0.337 e. The quantitative estimate of drug-likeness (QED) is 0.470. The maximum absolute atomic E-state index is 5.65. The lowest BCUT2D eigenvalue weighted by atomic mass is 10.3. The Kier molecular flexibility index (Phi) is 2.83. The Balaban J connectivity index is 1.74. The molecule has 0 saturated carbocycles. The highest BCUT2D eigenvalue weighted by Gasteiger charge is 2.07. The molecule has 15 heavy (non-hydrogen) atoms. The summed E-state index contributed by atoms with van der Waals surface area (Å²) in [7, 11) is 0. The average molecular weight is 210 g/mol. The van der Waals surface area contributed by atoms with Crippen molar-refractivity contribution in [2.75, 3.05) is 11.6 Å². The van der Waals surface area contributed by atoms with Crippen molar-refractivity contribution in [1.29, 1.82) is 0 Å². The highest BCUT2D eigenvalue weighted by molar-refractivity contribution is 5.18. The zero-order valence-electron chi connectivity index (χ0n) is 7.87. The zero-order valence-corrected chi connectivity index (χ0v) is 7.87. The van der Waals surface area contributed by atoms with E-state index in [4.69, 9.17) is 10.4 Å². The molecular formula is C6H10N8O. The molecule has 3 N–H and O–H groups in total. The Hall–Kier alpha value is -2.03. The van der Waals surface area contributed by atoms with Gasteiger partial charge >= 0.3 is 6.01 Å². The minimum absolute atomic E-state index is 0.295. The Morgan fingerprint density at radius 3 is 3.13 bits per heavy atom. The lowest BCUT2D eigenvalue weighted by Crippen LogP contribution is -2.32. The lowest BCUT2D eigenvalue weighted by Gasteiger charge is -2.11. The summed E-state index contributed by atoms with van der Waals surface area (Å²) < 4.78 is 4.77. The minimum Gasteiger partial charge on any atom is -0.314 e. The van der Waals surface area contributed by atoms with Crippen molar-refractivity contribution in [1.82, 2.24) is 30.8 Å². The van der Waals surface area contributed by atoms with E-state index in [0.29, 0.717) is 24.8 Å². The van der Waals surface area contributed by atoms with Crippen LogP contribution in [-0.4, -0.2) is 37.3 Å². The molecular weight excluding hydrogens is 200 g/mol. The standard InChI is InChI=1S/C6H10N8O/c7-14(6-8-4-9-15-6)3-1-2-5-10-12-13-11-5/h4H,1-3,7H2,(H,10,11,12,13). The van der Waals surface area contributed by atoms with Crippen LogP contribution < -0.4 is 10.9 Å². The maximum Gasteiger partial charge on any atom is 0.337 e. The summed E-state index contributed by atoms with van der Waals surface area (Å²) in [4.78, 5) is 3.81. The first-order valence-corrected chi connectivity index (χ1v) is 4.37. The molecule has 0 spiro atoms. The van der Waals surface area contributed by atoms with Gasteiger partial charge in [-0.2, -0.15) is 10.2 Å². The second-order valence-electron chi connectivity index (χ2n) is 2.85. The number of hydrogen-bond donors (Lipinski definition) is 2. The summed E-state index contributed by atoms with van der Waals surface area (Å²) in [5.41, 5.74) is 0. The van der Waals surface area contributed by atoms with Crippen molar-refractivity contribution in [2.24, 2.45) is 5.84 Å². The number of tetrazole rings is 1. The SMILES string of the molecule is NN(CCCc1nn[nH]n1)c1ncno1. The van der Waals surface area contributed by atoms with Crippen LogP contribution in [0.1, 0.15) is 12.2 Å². The number of aromatic amines is 1. The van der Waals surface area contributed by atoms with Gasteiger partial charge in [0, 0.05) is 13.0 Å². The van der Waals surface area contributed by atoms with E-state index in [1.165, 1.54) is 11.3 Å². The van der Waals surface area contributed by atoms with Crippen molar-refractivity contribution in [3.8, 4) is 0 Å². The number of nitrogens with one attached hydrogen (secondary N) is 1. The fourth-order valence-corrected chi connectivity index (χ4v) is 1.09. The summed E-state index contributed by atoms with van der Waals surface area (Å²) >= 11 is 0. The molecule has 0 fully saturated rings. The molecule has 2 aromatic heterocycles. The van der Waals surface area contributed by atoms with Crippen LogP contribution in [0.25, 0.3) is 0 Å². The van der Waals surface area contributed by atoms with Gasteiger partial charge in [-0.15, -0.1) is 10.2 Å². The predicted octanol–water partition coefficient (Wildman–Crippen LogP) is -1.10. The summed E-state index contributed by atoms with van der Waals surface area (Å²) in [5.74, 6) is 6.31. The van der Waals surface area contributed by atoms with Crippen LogP contribution in [0.3, 0.4) is 0 Å². The van der Waals surface area contributed by atoms with Crippen molar-refractivity contribution >= 4 is 6.01 Å². The molecule has 2 aromatic rings. The smallest absolute Gasteiger partial charge is 0.314 e. The molecule has 0 aliphatic rings.